The van der Waals surface area contributed by atoms with Crippen LogP contribution in [0.2, 0.25) is 5.02 Å². The van der Waals surface area contributed by atoms with E-state index in [9.17, 15) is 9.90 Å². The highest BCUT2D eigenvalue weighted by Gasteiger charge is 2.26. The van der Waals surface area contributed by atoms with Crippen molar-refractivity contribution in [2.75, 3.05) is 13.1 Å². The molecule has 1 saturated heterocycles. The molecule has 0 saturated carbocycles. The minimum absolute atomic E-state index is 0.0322. The number of aromatic nitrogens is 3. The lowest BCUT2D eigenvalue weighted by molar-refractivity contribution is 0.0515. The molecule has 3 heterocycles. The molecule has 0 aliphatic carbocycles. The SMILES string of the molecule is O=C(c1cncc(O)c1)N1CCCC(Oc2ncc(Cl)cn2)C1. The summed E-state index contributed by atoms with van der Waals surface area (Å²) in [4.78, 5) is 26.0. The number of carbonyl (C=O) groups excluding carboxylic acids is 1. The second-order valence-corrected chi connectivity index (χ2v) is 5.69. The van der Waals surface area contributed by atoms with Gasteiger partial charge in [0.2, 0.25) is 0 Å². The second-order valence-electron chi connectivity index (χ2n) is 5.25. The van der Waals surface area contributed by atoms with Crippen molar-refractivity contribution in [3.63, 3.8) is 0 Å². The summed E-state index contributed by atoms with van der Waals surface area (Å²) in [5.74, 6) is -0.214. The monoisotopic (exact) mass is 334 g/mol. The van der Waals surface area contributed by atoms with Crippen molar-refractivity contribution < 1.29 is 14.6 Å². The van der Waals surface area contributed by atoms with Gasteiger partial charge in [-0.2, -0.15) is 0 Å². The van der Waals surface area contributed by atoms with Crippen molar-refractivity contribution in [3.8, 4) is 11.8 Å². The van der Waals surface area contributed by atoms with E-state index in [1.807, 2.05) is 0 Å². The maximum atomic E-state index is 12.5. The molecule has 1 unspecified atom stereocenters. The van der Waals surface area contributed by atoms with Crippen LogP contribution in [0.5, 0.6) is 11.8 Å². The Morgan fingerprint density at radius 2 is 2.09 bits per heavy atom. The first kappa shape index (κ1) is 15.5. The van der Waals surface area contributed by atoms with Crippen LogP contribution in [0, 0.1) is 0 Å². The molecule has 1 amide bonds. The van der Waals surface area contributed by atoms with Gasteiger partial charge in [0.1, 0.15) is 11.9 Å². The van der Waals surface area contributed by atoms with E-state index in [2.05, 4.69) is 15.0 Å². The van der Waals surface area contributed by atoms with Crippen molar-refractivity contribution in [2.24, 2.45) is 0 Å². The van der Waals surface area contributed by atoms with E-state index < -0.39 is 0 Å². The van der Waals surface area contributed by atoms with Gasteiger partial charge in [0.15, 0.2) is 0 Å². The van der Waals surface area contributed by atoms with Crippen LogP contribution in [0.15, 0.2) is 30.9 Å². The van der Waals surface area contributed by atoms with Crippen molar-refractivity contribution in [1.82, 2.24) is 19.9 Å². The zero-order valence-electron chi connectivity index (χ0n) is 12.2. The lowest BCUT2D eigenvalue weighted by Gasteiger charge is -2.32. The van der Waals surface area contributed by atoms with Gasteiger partial charge in [-0.25, -0.2) is 9.97 Å². The first-order valence-electron chi connectivity index (χ1n) is 7.19. The van der Waals surface area contributed by atoms with Crippen molar-refractivity contribution in [1.29, 1.82) is 0 Å². The molecule has 1 aliphatic rings. The number of rotatable bonds is 3. The normalized spacial score (nSPS) is 17.8. The third kappa shape index (κ3) is 3.87. The Balaban J connectivity index is 1.66. The van der Waals surface area contributed by atoms with Gasteiger partial charge in [-0.3, -0.25) is 9.78 Å². The number of hydrogen-bond acceptors (Lipinski definition) is 6. The molecule has 120 valence electrons. The molecule has 1 atom stereocenters. The zero-order valence-corrected chi connectivity index (χ0v) is 13.0. The highest BCUT2D eigenvalue weighted by atomic mass is 35.5. The number of halogens is 1. The smallest absolute Gasteiger partial charge is 0.316 e. The standard InChI is InChI=1S/C15H15ClN4O3/c16-11-6-18-15(19-7-11)23-13-2-1-3-20(9-13)14(22)10-4-12(21)8-17-5-10/h4-8,13,21H,1-3,9H2. The summed E-state index contributed by atoms with van der Waals surface area (Å²) >= 11 is 5.74. The highest BCUT2D eigenvalue weighted by Crippen LogP contribution is 2.19. The predicted octanol–water partition coefficient (Wildman–Crippen LogP) is 1.91. The molecule has 0 bridgehead atoms. The van der Waals surface area contributed by atoms with Crippen molar-refractivity contribution in [2.45, 2.75) is 18.9 Å². The van der Waals surface area contributed by atoms with E-state index in [1.165, 1.54) is 30.9 Å². The molecule has 7 nitrogen and oxygen atoms in total. The average molecular weight is 335 g/mol. The zero-order chi connectivity index (χ0) is 16.2. The first-order valence-corrected chi connectivity index (χ1v) is 7.57. The van der Waals surface area contributed by atoms with Crippen LogP contribution in [-0.4, -0.2) is 50.1 Å². The van der Waals surface area contributed by atoms with E-state index in [0.29, 0.717) is 23.7 Å². The summed E-state index contributed by atoms with van der Waals surface area (Å²) in [5, 5.41) is 9.88. The lowest BCUT2D eigenvalue weighted by Crippen LogP contribution is -2.44. The first-order chi connectivity index (χ1) is 11.1. The number of carbonyl (C=O) groups is 1. The van der Waals surface area contributed by atoms with E-state index in [-0.39, 0.29) is 23.8 Å². The molecule has 0 radical (unpaired) electrons. The number of amides is 1. The predicted molar refractivity (Wildman–Crippen MR) is 82.5 cm³/mol. The van der Waals surface area contributed by atoms with Gasteiger partial charge in [-0.15, -0.1) is 0 Å². The number of hydrogen-bond donors (Lipinski definition) is 1. The molecular weight excluding hydrogens is 320 g/mol. The fraction of sp³-hybridized carbons (Fsp3) is 0.333. The van der Waals surface area contributed by atoms with Crippen molar-refractivity contribution >= 4 is 17.5 Å². The summed E-state index contributed by atoms with van der Waals surface area (Å²) in [6.45, 7) is 1.07. The van der Waals surface area contributed by atoms with Gasteiger partial charge >= 0.3 is 6.01 Å². The van der Waals surface area contributed by atoms with E-state index >= 15 is 0 Å². The molecule has 0 spiro atoms. The van der Waals surface area contributed by atoms with Crippen LogP contribution in [0.3, 0.4) is 0 Å². The van der Waals surface area contributed by atoms with E-state index in [1.54, 1.807) is 4.90 Å². The fourth-order valence-electron chi connectivity index (χ4n) is 2.46. The van der Waals surface area contributed by atoms with Crippen LogP contribution in [-0.2, 0) is 0 Å². The van der Waals surface area contributed by atoms with Gasteiger partial charge in [-0.05, 0) is 18.9 Å². The van der Waals surface area contributed by atoms with Gasteiger partial charge in [0, 0.05) is 12.7 Å². The third-order valence-electron chi connectivity index (χ3n) is 3.50. The Morgan fingerprint density at radius 1 is 1.30 bits per heavy atom. The van der Waals surface area contributed by atoms with Crippen LogP contribution in [0.4, 0.5) is 0 Å². The molecule has 8 heteroatoms. The van der Waals surface area contributed by atoms with E-state index in [0.717, 1.165) is 12.8 Å². The maximum Gasteiger partial charge on any atom is 0.316 e. The van der Waals surface area contributed by atoms with Gasteiger partial charge < -0.3 is 14.7 Å². The molecule has 3 rings (SSSR count). The molecule has 23 heavy (non-hydrogen) atoms. The number of piperidine rings is 1. The summed E-state index contributed by atoms with van der Waals surface area (Å²) in [5.41, 5.74) is 0.355. The molecule has 1 fully saturated rings. The Morgan fingerprint density at radius 3 is 2.83 bits per heavy atom. The molecule has 1 N–H and O–H groups in total. The van der Waals surface area contributed by atoms with Gasteiger partial charge in [0.25, 0.3) is 5.91 Å². The summed E-state index contributed by atoms with van der Waals surface area (Å²) in [6, 6.07) is 1.65. The number of likely N-dealkylation sites (tertiary alicyclic amines) is 1. The average Bonchev–Trinajstić information content (AvgIpc) is 2.56. The Bertz CT molecular complexity index is 695. The van der Waals surface area contributed by atoms with Crippen LogP contribution < -0.4 is 4.74 Å². The molecule has 2 aromatic heterocycles. The Hall–Kier alpha value is -2.41. The largest absolute Gasteiger partial charge is 0.506 e. The number of ether oxygens (including phenoxy) is 1. The topological polar surface area (TPSA) is 88.4 Å². The Labute approximate surface area is 137 Å². The van der Waals surface area contributed by atoms with Gasteiger partial charge in [-0.1, -0.05) is 11.6 Å². The van der Waals surface area contributed by atoms with Crippen molar-refractivity contribution in [3.05, 3.63) is 41.4 Å². The minimum atomic E-state index is -0.182. The van der Waals surface area contributed by atoms with Gasteiger partial charge in [0.05, 0.1) is 35.7 Å². The quantitative estimate of drug-likeness (QED) is 0.922. The number of pyridine rings is 1. The van der Waals surface area contributed by atoms with E-state index in [4.69, 9.17) is 16.3 Å². The molecule has 0 aromatic carbocycles. The Kier molecular flexibility index (Phi) is 4.57. The highest BCUT2D eigenvalue weighted by molar-refractivity contribution is 6.30. The maximum absolute atomic E-state index is 12.5. The molecule has 2 aromatic rings. The molecular formula is C15H15ClN4O3. The fourth-order valence-corrected chi connectivity index (χ4v) is 2.55. The lowest BCUT2D eigenvalue weighted by atomic mass is 10.1. The van der Waals surface area contributed by atoms with Crippen LogP contribution in [0.25, 0.3) is 0 Å². The van der Waals surface area contributed by atoms with Crippen LogP contribution in [0.1, 0.15) is 23.2 Å². The second kappa shape index (κ2) is 6.78. The van der Waals surface area contributed by atoms with Crippen LogP contribution >= 0.6 is 11.6 Å². The summed E-state index contributed by atoms with van der Waals surface area (Å²) in [6.07, 6.45) is 7.11. The third-order valence-corrected chi connectivity index (χ3v) is 3.70. The summed E-state index contributed by atoms with van der Waals surface area (Å²) < 4.78 is 5.71. The minimum Gasteiger partial charge on any atom is -0.506 e. The summed E-state index contributed by atoms with van der Waals surface area (Å²) in [7, 11) is 0. The number of aromatic hydroxyl groups is 1. The number of nitrogens with zero attached hydrogens (tertiary/aromatic N) is 4. The molecule has 1 aliphatic heterocycles.